The topological polar surface area (TPSA) is 55.8 Å². The smallest absolute Gasteiger partial charge is 0.306 e. The van der Waals surface area contributed by atoms with Crippen LogP contribution in [0.25, 0.3) is 0 Å². The van der Waals surface area contributed by atoms with Crippen LogP contribution in [0.5, 0.6) is 0 Å². The lowest BCUT2D eigenvalue weighted by Crippen LogP contribution is -2.27. The number of carbonyl (C=O) groups excluding carboxylic acids is 1. The lowest BCUT2D eigenvalue weighted by atomic mass is 10.1. The maximum absolute atomic E-state index is 12.2. The van der Waals surface area contributed by atoms with Crippen LogP contribution in [0.3, 0.4) is 0 Å². The molecule has 310 valence electrons. The zero-order chi connectivity index (χ0) is 39.8. The molecule has 1 atom stereocenters. The van der Waals surface area contributed by atoms with Gasteiger partial charge in [-0.05, 0) is 103 Å². The van der Waals surface area contributed by atoms with Gasteiger partial charge in [-0.3, -0.25) is 4.79 Å². The molecule has 55 heavy (non-hydrogen) atoms. The summed E-state index contributed by atoms with van der Waals surface area (Å²) in [6.45, 7) is 5.04. The molecule has 0 aromatic heterocycles. The Morgan fingerprint density at radius 1 is 0.436 bits per heavy atom. The van der Waals surface area contributed by atoms with Gasteiger partial charge in [0.25, 0.3) is 0 Å². The second kappa shape index (κ2) is 46.9. The molecule has 0 heterocycles. The summed E-state index contributed by atoms with van der Waals surface area (Å²) in [6.07, 6.45) is 69.8. The van der Waals surface area contributed by atoms with Crippen molar-refractivity contribution in [3.63, 3.8) is 0 Å². The fourth-order valence-electron chi connectivity index (χ4n) is 5.56. The van der Waals surface area contributed by atoms with Crippen molar-refractivity contribution in [3.8, 4) is 0 Å². The van der Waals surface area contributed by atoms with Crippen molar-refractivity contribution < 1.29 is 19.4 Å². The third-order valence-electron chi connectivity index (χ3n) is 8.78. The maximum atomic E-state index is 12.2. The summed E-state index contributed by atoms with van der Waals surface area (Å²) >= 11 is 0. The molecular weight excluding hydrogens is 677 g/mol. The van der Waals surface area contributed by atoms with Crippen molar-refractivity contribution >= 4 is 5.97 Å². The molecule has 1 unspecified atom stereocenters. The first-order valence-corrected chi connectivity index (χ1v) is 22.1. The summed E-state index contributed by atoms with van der Waals surface area (Å²) in [5.41, 5.74) is 0. The average molecular weight is 759 g/mol. The fraction of sp³-hybridized carbons (Fsp3) is 0.588. The lowest BCUT2D eigenvalue weighted by molar-refractivity contribution is -0.154. The van der Waals surface area contributed by atoms with Gasteiger partial charge in [-0.1, -0.05) is 180 Å². The van der Waals surface area contributed by atoms with Crippen LogP contribution in [-0.2, 0) is 14.3 Å². The molecule has 0 bridgehead atoms. The van der Waals surface area contributed by atoms with E-state index in [1.807, 2.05) is 0 Å². The SMILES string of the molecule is CC/C=C\C/C=C\C/C=C\C/C=C\C/C=C\C/C=C\CCCCC(=O)OC(CO)COCCCCCCCCCCC/C=C\C/C=C\C/C=C\C/C=C\CC. The quantitative estimate of drug-likeness (QED) is 0.0385. The normalized spacial score (nSPS) is 13.6. The van der Waals surface area contributed by atoms with Crippen LogP contribution in [0.15, 0.2) is 122 Å². The number of hydrogen-bond donors (Lipinski definition) is 1. The number of rotatable bonds is 39. The van der Waals surface area contributed by atoms with Crippen molar-refractivity contribution in [2.45, 2.75) is 174 Å². The largest absolute Gasteiger partial charge is 0.457 e. The number of ether oxygens (including phenoxy) is 2. The highest BCUT2D eigenvalue weighted by molar-refractivity contribution is 5.69. The van der Waals surface area contributed by atoms with Crippen LogP contribution in [0, 0.1) is 0 Å². The van der Waals surface area contributed by atoms with E-state index < -0.39 is 6.10 Å². The Morgan fingerprint density at radius 2 is 0.764 bits per heavy atom. The second-order valence-electron chi connectivity index (χ2n) is 14.0. The van der Waals surface area contributed by atoms with Gasteiger partial charge in [0.2, 0.25) is 0 Å². The molecule has 0 radical (unpaired) electrons. The van der Waals surface area contributed by atoms with Gasteiger partial charge in [0.15, 0.2) is 0 Å². The number of allylic oxidation sites excluding steroid dienone is 20. The Hall–Kier alpha value is -3.21. The molecular formula is C51H82O4. The third-order valence-corrected chi connectivity index (χ3v) is 8.78. The van der Waals surface area contributed by atoms with Crippen molar-refractivity contribution in [1.29, 1.82) is 0 Å². The molecule has 4 heteroatoms. The first-order chi connectivity index (χ1) is 27.2. The zero-order valence-electron chi connectivity index (χ0n) is 35.4. The molecule has 0 saturated heterocycles. The van der Waals surface area contributed by atoms with Crippen LogP contribution in [0.2, 0.25) is 0 Å². The average Bonchev–Trinajstić information content (AvgIpc) is 3.19. The van der Waals surface area contributed by atoms with Gasteiger partial charge in [-0.15, -0.1) is 0 Å². The minimum absolute atomic E-state index is 0.201. The first-order valence-electron chi connectivity index (χ1n) is 22.1. The Balaban J connectivity index is 3.58. The van der Waals surface area contributed by atoms with Crippen LogP contribution in [-0.4, -0.2) is 37.0 Å². The highest BCUT2D eigenvalue weighted by atomic mass is 16.6. The van der Waals surface area contributed by atoms with Gasteiger partial charge in [0.05, 0.1) is 13.2 Å². The monoisotopic (exact) mass is 759 g/mol. The van der Waals surface area contributed by atoms with E-state index in [4.69, 9.17) is 9.47 Å². The standard InChI is InChI=1S/C51H82O4/c1-3-5-7-9-11-13-15-17-19-21-23-25-27-29-31-33-35-37-39-41-43-45-47-54-49-50(48-52)55-51(53)46-44-42-40-38-36-34-32-30-28-26-24-22-20-18-16-14-12-10-8-6-4-2/h5-8,11-14,17-20,23-26,30,32,36,38,50,52H,3-4,9-10,15-16,21-22,27-29,31,33-35,37,39-49H2,1-2H3/b7-5-,8-6-,13-11-,14-12-,19-17-,20-18-,25-23-,26-24-,32-30-,38-36-. The van der Waals surface area contributed by atoms with Gasteiger partial charge in [0, 0.05) is 13.0 Å². The lowest BCUT2D eigenvalue weighted by Gasteiger charge is -2.15. The maximum Gasteiger partial charge on any atom is 0.306 e. The molecule has 0 fully saturated rings. The molecule has 0 aliphatic rings. The summed E-state index contributed by atoms with van der Waals surface area (Å²) in [5.74, 6) is -0.250. The van der Waals surface area contributed by atoms with Crippen molar-refractivity contribution in [2.24, 2.45) is 0 Å². The highest BCUT2D eigenvalue weighted by Crippen LogP contribution is 2.12. The molecule has 0 amide bonds. The Morgan fingerprint density at radius 3 is 1.15 bits per heavy atom. The van der Waals surface area contributed by atoms with Crippen LogP contribution in [0.4, 0.5) is 0 Å². The van der Waals surface area contributed by atoms with Crippen molar-refractivity contribution in [1.82, 2.24) is 0 Å². The fourth-order valence-corrected chi connectivity index (χ4v) is 5.56. The van der Waals surface area contributed by atoms with Crippen molar-refractivity contribution in [3.05, 3.63) is 122 Å². The number of aliphatic hydroxyl groups excluding tert-OH is 1. The van der Waals surface area contributed by atoms with Gasteiger partial charge >= 0.3 is 5.97 Å². The first kappa shape index (κ1) is 51.8. The predicted molar refractivity (Wildman–Crippen MR) is 241 cm³/mol. The molecule has 4 nitrogen and oxygen atoms in total. The second-order valence-corrected chi connectivity index (χ2v) is 14.0. The number of esters is 1. The predicted octanol–water partition coefficient (Wildman–Crippen LogP) is 14.9. The van der Waals surface area contributed by atoms with E-state index in [1.54, 1.807) is 0 Å². The number of unbranched alkanes of at least 4 members (excludes halogenated alkanes) is 11. The summed E-state index contributed by atoms with van der Waals surface area (Å²) in [6, 6.07) is 0. The van der Waals surface area contributed by atoms with Gasteiger partial charge < -0.3 is 14.6 Å². The molecule has 0 saturated carbocycles. The molecule has 0 rings (SSSR count). The van der Waals surface area contributed by atoms with Crippen LogP contribution >= 0.6 is 0 Å². The van der Waals surface area contributed by atoms with Gasteiger partial charge in [-0.2, -0.15) is 0 Å². The Kier molecular flexibility index (Phi) is 44.2. The Labute approximate surface area is 339 Å². The molecule has 0 spiro atoms. The molecule has 0 aliphatic carbocycles. The van der Waals surface area contributed by atoms with Crippen LogP contribution < -0.4 is 0 Å². The van der Waals surface area contributed by atoms with E-state index >= 15 is 0 Å². The van der Waals surface area contributed by atoms with Gasteiger partial charge in [-0.25, -0.2) is 0 Å². The molecule has 0 aromatic rings. The Bertz CT molecular complexity index is 1110. The molecule has 0 aromatic carbocycles. The van der Waals surface area contributed by atoms with Crippen molar-refractivity contribution in [2.75, 3.05) is 19.8 Å². The zero-order valence-corrected chi connectivity index (χ0v) is 35.4. The van der Waals surface area contributed by atoms with E-state index in [1.165, 1.54) is 51.4 Å². The molecule has 0 aliphatic heterocycles. The summed E-state index contributed by atoms with van der Waals surface area (Å²) in [5, 5.41) is 9.61. The van der Waals surface area contributed by atoms with E-state index in [0.717, 1.165) is 96.3 Å². The van der Waals surface area contributed by atoms with E-state index in [0.29, 0.717) is 13.0 Å². The number of aliphatic hydroxyl groups is 1. The van der Waals surface area contributed by atoms with E-state index in [2.05, 4.69) is 135 Å². The summed E-state index contributed by atoms with van der Waals surface area (Å²) in [4.78, 5) is 12.2. The minimum Gasteiger partial charge on any atom is -0.457 e. The van der Waals surface area contributed by atoms with Gasteiger partial charge in [0.1, 0.15) is 6.10 Å². The van der Waals surface area contributed by atoms with Crippen LogP contribution in [0.1, 0.15) is 168 Å². The summed E-state index contributed by atoms with van der Waals surface area (Å²) in [7, 11) is 0. The highest BCUT2D eigenvalue weighted by Gasteiger charge is 2.13. The molecule has 1 N–H and O–H groups in total. The number of hydrogen-bond acceptors (Lipinski definition) is 4. The van der Waals surface area contributed by atoms with E-state index in [-0.39, 0.29) is 19.2 Å². The summed E-state index contributed by atoms with van der Waals surface area (Å²) < 4.78 is 11.1. The minimum atomic E-state index is -0.571. The third kappa shape index (κ3) is 45.1. The van der Waals surface area contributed by atoms with E-state index in [9.17, 15) is 9.90 Å². The number of carbonyl (C=O) groups is 1.